The maximum atomic E-state index is 13.7. The number of ether oxygens (including phenoxy) is 1. The first-order valence-corrected chi connectivity index (χ1v) is 12.9. The maximum absolute atomic E-state index is 13.7. The van der Waals surface area contributed by atoms with E-state index in [1.807, 2.05) is 0 Å². The lowest BCUT2D eigenvalue weighted by Crippen LogP contribution is -2.56. The maximum Gasteiger partial charge on any atom is 0.257 e. The molecule has 0 aromatic heterocycles. The summed E-state index contributed by atoms with van der Waals surface area (Å²) in [5.74, 6) is -0.625. The lowest BCUT2D eigenvalue weighted by molar-refractivity contribution is -0.143. The van der Waals surface area contributed by atoms with Crippen molar-refractivity contribution >= 4 is 35.2 Å². The van der Waals surface area contributed by atoms with Crippen LogP contribution in [0, 0.1) is 5.92 Å². The predicted molar refractivity (Wildman–Crippen MR) is 130 cm³/mol. The molecule has 2 aliphatic heterocycles. The van der Waals surface area contributed by atoms with E-state index in [1.165, 1.54) is 0 Å². The van der Waals surface area contributed by atoms with Crippen LogP contribution in [0.2, 0.25) is 5.02 Å². The van der Waals surface area contributed by atoms with E-state index in [4.69, 9.17) is 16.3 Å². The largest absolute Gasteiger partial charge is 0.483 e. The Morgan fingerprint density at radius 1 is 0.943 bits per heavy atom. The fraction of sp³-hybridized carbons (Fsp3) is 0.600. The van der Waals surface area contributed by atoms with E-state index in [-0.39, 0.29) is 55.7 Å². The van der Waals surface area contributed by atoms with Crippen molar-refractivity contribution < 1.29 is 23.9 Å². The molecule has 0 radical (unpaired) electrons. The zero-order valence-electron chi connectivity index (χ0n) is 19.8. The van der Waals surface area contributed by atoms with Gasteiger partial charge in [-0.25, -0.2) is 0 Å². The topological polar surface area (TPSA) is 117 Å². The average molecular weight is 505 g/mol. The number of hydrogen-bond acceptors (Lipinski definition) is 5. The highest BCUT2D eigenvalue weighted by Gasteiger charge is 2.40. The van der Waals surface area contributed by atoms with Gasteiger partial charge < -0.3 is 25.6 Å². The number of amides is 4. The van der Waals surface area contributed by atoms with Crippen molar-refractivity contribution in [3.8, 4) is 5.75 Å². The Kier molecular flexibility index (Phi) is 8.49. The molecule has 2 atom stereocenters. The van der Waals surface area contributed by atoms with Crippen molar-refractivity contribution in [1.82, 2.24) is 20.9 Å². The van der Waals surface area contributed by atoms with Crippen molar-refractivity contribution in [1.29, 1.82) is 0 Å². The Morgan fingerprint density at radius 3 is 2.54 bits per heavy atom. The molecule has 1 aromatic rings. The zero-order valence-corrected chi connectivity index (χ0v) is 20.6. The van der Waals surface area contributed by atoms with Gasteiger partial charge in [0.15, 0.2) is 6.61 Å². The van der Waals surface area contributed by atoms with E-state index in [0.717, 1.165) is 38.5 Å². The third-order valence-corrected chi connectivity index (χ3v) is 7.29. The van der Waals surface area contributed by atoms with Crippen LogP contribution in [0.25, 0.3) is 0 Å². The molecule has 2 heterocycles. The first kappa shape index (κ1) is 25.3. The molecular formula is C25H33ClN4O5. The molecule has 0 spiro atoms. The van der Waals surface area contributed by atoms with Gasteiger partial charge >= 0.3 is 0 Å². The molecule has 1 saturated heterocycles. The van der Waals surface area contributed by atoms with Crippen molar-refractivity contribution in [3.63, 3.8) is 0 Å². The minimum atomic E-state index is -0.662. The molecule has 190 valence electrons. The minimum absolute atomic E-state index is 0.0450. The van der Waals surface area contributed by atoms with Crippen LogP contribution in [0.5, 0.6) is 5.75 Å². The van der Waals surface area contributed by atoms with Gasteiger partial charge in [-0.2, -0.15) is 0 Å². The quantitative estimate of drug-likeness (QED) is 0.540. The highest BCUT2D eigenvalue weighted by molar-refractivity contribution is 6.30. The molecule has 0 bridgehead atoms. The Hall–Kier alpha value is -2.81. The van der Waals surface area contributed by atoms with Crippen LogP contribution < -0.4 is 20.7 Å². The van der Waals surface area contributed by atoms with Gasteiger partial charge in [0.05, 0.1) is 0 Å². The lowest BCUT2D eigenvalue weighted by Gasteiger charge is -2.34. The first-order chi connectivity index (χ1) is 16.9. The highest BCUT2D eigenvalue weighted by Crippen LogP contribution is 2.30. The summed E-state index contributed by atoms with van der Waals surface area (Å²) in [5.41, 5.74) is 0.635. The van der Waals surface area contributed by atoms with Crippen LogP contribution in [0.4, 0.5) is 0 Å². The number of carbonyl (C=O) groups excluding carboxylic acids is 4. The molecular weight excluding hydrogens is 472 g/mol. The first-order valence-electron chi connectivity index (χ1n) is 12.5. The summed E-state index contributed by atoms with van der Waals surface area (Å²) in [4.78, 5) is 53.4. The fourth-order valence-corrected chi connectivity index (χ4v) is 5.41. The van der Waals surface area contributed by atoms with Gasteiger partial charge in [-0.15, -0.1) is 0 Å². The van der Waals surface area contributed by atoms with Crippen molar-refractivity contribution in [2.75, 3.05) is 19.7 Å². The number of fused-ring (bicyclic) bond motifs is 2. The Bertz CT molecular complexity index is 965. The number of nitrogens with one attached hydrogen (secondary N) is 3. The number of hydrogen-bond donors (Lipinski definition) is 3. The second-order valence-electron chi connectivity index (χ2n) is 9.49. The number of rotatable bonds is 1. The molecule has 9 nitrogen and oxygen atoms in total. The molecule has 1 aromatic carbocycles. The molecule has 4 amide bonds. The van der Waals surface area contributed by atoms with Crippen LogP contribution in [-0.4, -0.2) is 60.3 Å². The van der Waals surface area contributed by atoms with Gasteiger partial charge in [0.2, 0.25) is 17.7 Å². The molecule has 3 aliphatic rings. The summed E-state index contributed by atoms with van der Waals surface area (Å²) >= 11 is 6.15. The average Bonchev–Trinajstić information content (AvgIpc) is 3.35. The van der Waals surface area contributed by atoms with Gasteiger partial charge in [-0.1, -0.05) is 30.9 Å². The molecule has 1 aliphatic carbocycles. The van der Waals surface area contributed by atoms with Gasteiger partial charge in [0.1, 0.15) is 17.8 Å². The van der Waals surface area contributed by atoms with Crippen LogP contribution in [0.1, 0.15) is 56.9 Å². The summed E-state index contributed by atoms with van der Waals surface area (Å²) in [6, 6.07) is 3.73. The van der Waals surface area contributed by atoms with E-state index in [1.54, 1.807) is 23.1 Å². The normalized spacial score (nSPS) is 25.5. The van der Waals surface area contributed by atoms with Gasteiger partial charge in [0.25, 0.3) is 5.91 Å². The number of benzene rings is 1. The number of carbonyl (C=O) groups is 4. The monoisotopic (exact) mass is 504 g/mol. The number of halogens is 1. The van der Waals surface area contributed by atoms with Crippen LogP contribution in [-0.2, 0) is 25.7 Å². The minimum Gasteiger partial charge on any atom is -0.483 e. The van der Waals surface area contributed by atoms with Crippen molar-refractivity contribution in [2.24, 2.45) is 5.92 Å². The van der Waals surface area contributed by atoms with Gasteiger partial charge in [-0.05, 0) is 49.8 Å². The van der Waals surface area contributed by atoms with Crippen LogP contribution in [0.3, 0.4) is 0 Å². The smallest absolute Gasteiger partial charge is 0.257 e. The third kappa shape index (κ3) is 6.45. The molecule has 3 N–H and O–H groups in total. The van der Waals surface area contributed by atoms with Crippen molar-refractivity contribution in [2.45, 2.75) is 70.0 Å². The summed E-state index contributed by atoms with van der Waals surface area (Å²) in [6.45, 7) is 0.540. The van der Waals surface area contributed by atoms with E-state index < -0.39 is 12.1 Å². The molecule has 2 fully saturated rings. The SMILES string of the molecule is O=C1COc2ccc(Cl)cc2CNC(=O)[C@@H]2CCCN2C(=O)[C@@H](C2CCCCC2)NC(=O)CCN1. The van der Waals surface area contributed by atoms with Gasteiger partial charge in [0, 0.05) is 36.6 Å². The highest BCUT2D eigenvalue weighted by atomic mass is 35.5. The second kappa shape index (κ2) is 11.7. The third-order valence-electron chi connectivity index (χ3n) is 7.05. The Labute approximate surface area is 210 Å². The molecule has 4 rings (SSSR count). The second-order valence-corrected chi connectivity index (χ2v) is 9.93. The van der Waals surface area contributed by atoms with Crippen molar-refractivity contribution in [3.05, 3.63) is 28.8 Å². The van der Waals surface area contributed by atoms with E-state index >= 15 is 0 Å². The lowest BCUT2D eigenvalue weighted by atomic mass is 9.83. The molecule has 10 heteroatoms. The van der Waals surface area contributed by atoms with E-state index in [0.29, 0.717) is 29.3 Å². The predicted octanol–water partition coefficient (Wildman–Crippen LogP) is 1.91. The molecule has 0 unspecified atom stereocenters. The standard InChI is InChI=1S/C25H33ClN4O5/c26-18-8-9-20-17(13-18)14-28-24(33)19-7-4-12-30(19)25(34)23(16-5-2-1-3-6-16)29-21(31)10-11-27-22(32)15-35-20/h8-9,13,16,19,23H,1-7,10-12,14-15H2,(H,27,32)(H,28,33)(H,29,31)/t19-,23+/m0/s1. The summed E-state index contributed by atoms with van der Waals surface area (Å²) in [7, 11) is 0. The molecule has 35 heavy (non-hydrogen) atoms. The van der Waals surface area contributed by atoms with Crippen LogP contribution >= 0.6 is 11.6 Å². The summed E-state index contributed by atoms with van der Waals surface area (Å²) in [6.07, 6.45) is 6.25. The van der Waals surface area contributed by atoms with E-state index in [9.17, 15) is 19.2 Å². The summed E-state index contributed by atoms with van der Waals surface area (Å²) in [5, 5.41) is 9.01. The fourth-order valence-electron chi connectivity index (χ4n) is 5.21. The summed E-state index contributed by atoms with van der Waals surface area (Å²) < 4.78 is 5.66. The van der Waals surface area contributed by atoms with E-state index in [2.05, 4.69) is 16.0 Å². The Balaban J connectivity index is 1.58. The zero-order chi connectivity index (χ0) is 24.8. The van der Waals surface area contributed by atoms with Gasteiger partial charge in [-0.3, -0.25) is 19.2 Å². The Morgan fingerprint density at radius 2 is 1.74 bits per heavy atom. The molecule has 1 saturated carbocycles. The number of nitrogens with zero attached hydrogens (tertiary/aromatic N) is 1. The van der Waals surface area contributed by atoms with Crippen LogP contribution in [0.15, 0.2) is 18.2 Å².